The molecule has 1 aromatic rings. The second-order valence-corrected chi connectivity index (χ2v) is 7.56. The van der Waals surface area contributed by atoms with E-state index >= 15 is 0 Å². The van der Waals surface area contributed by atoms with Crippen molar-refractivity contribution in [2.24, 2.45) is 5.14 Å². The fraction of sp³-hybridized carbons (Fsp3) is 0.400. The van der Waals surface area contributed by atoms with Crippen molar-refractivity contribution in [3.8, 4) is 0 Å². The summed E-state index contributed by atoms with van der Waals surface area (Å²) in [4.78, 5) is 0. The van der Waals surface area contributed by atoms with Gasteiger partial charge in [0.2, 0.25) is 10.0 Å². The minimum absolute atomic E-state index is 0.0490. The van der Waals surface area contributed by atoms with Crippen LogP contribution in [0.4, 0.5) is 11.4 Å². The van der Waals surface area contributed by atoms with Crippen LogP contribution in [0.15, 0.2) is 24.3 Å². The monoisotopic (exact) mass is 341 g/mol. The summed E-state index contributed by atoms with van der Waals surface area (Å²) in [6, 6.07) is 5.80. The number of halogens is 1. The topological polar surface area (TPSA) is 118 Å². The van der Waals surface area contributed by atoms with Gasteiger partial charge in [-0.2, -0.15) is 8.42 Å². The number of hydrogen-bond donors (Lipinski definition) is 3. The highest BCUT2D eigenvalue weighted by atomic mass is 35.5. The Kier molecular flexibility index (Phi) is 6.06. The average molecular weight is 342 g/mol. The SMILES string of the molecule is NS(=O)(=O)Nc1cccc(NS(=O)(=O)CCCCCl)c1. The quantitative estimate of drug-likeness (QED) is 0.484. The van der Waals surface area contributed by atoms with Crippen LogP contribution in [-0.2, 0) is 20.2 Å². The predicted molar refractivity (Wildman–Crippen MR) is 80.5 cm³/mol. The highest BCUT2D eigenvalue weighted by Crippen LogP contribution is 2.17. The summed E-state index contributed by atoms with van der Waals surface area (Å²) in [5, 5.41) is 4.84. The zero-order valence-electron chi connectivity index (χ0n) is 10.5. The van der Waals surface area contributed by atoms with E-state index in [2.05, 4.69) is 9.44 Å². The van der Waals surface area contributed by atoms with Gasteiger partial charge in [-0.25, -0.2) is 13.6 Å². The van der Waals surface area contributed by atoms with Crippen LogP contribution in [0.25, 0.3) is 0 Å². The maximum absolute atomic E-state index is 11.8. The van der Waals surface area contributed by atoms with E-state index in [1.165, 1.54) is 24.3 Å². The van der Waals surface area contributed by atoms with Crippen LogP contribution in [0.1, 0.15) is 12.8 Å². The third kappa shape index (κ3) is 6.94. The van der Waals surface area contributed by atoms with E-state index in [1.54, 1.807) is 0 Å². The summed E-state index contributed by atoms with van der Waals surface area (Å²) in [5.41, 5.74) is 0.429. The molecule has 0 aliphatic rings. The van der Waals surface area contributed by atoms with Crippen molar-refractivity contribution >= 4 is 43.2 Å². The van der Waals surface area contributed by atoms with Crippen LogP contribution in [-0.4, -0.2) is 28.5 Å². The highest BCUT2D eigenvalue weighted by Gasteiger charge is 2.11. The van der Waals surface area contributed by atoms with Gasteiger partial charge in [0.15, 0.2) is 0 Å². The summed E-state index contributed by atoms with van der Waals surface area (Å²) in [7, 11) is -7.38. The Bertz CT molecular complexity index is 646. The molecular weight excluding hydrogens is 326 g/mol. The van der Waals surface area contributed by atoms with Crippen molar-refractivity contribution in [2.75, 3.05) is 21.1 Å². The van der Waals surface area contributed by atoms with Gasteiger partial charge in [-0.15, -0.1) is 11.6 Å². The molecule has 20 heavy (non-hydrogen) atoms. The molecule has 0 saturated carbocycles. The van der Waals surface area contributed by atoms with Crippen molar-refractivity contribution in [3.63, 3.8) is 0 Å². The van der Waals surface area contributed by atoms with E-state index in [0.717, 1.165) is 0 Å². The van der Waals surface area contributed by atoms with Gasteiger partial charge in [0.05, 0.1) is 17.1 Å². The largest absolute Gasteiger partial charge is 0.296 e. The van der Waals surface area contributed by atoms with Gasteiger partial charge >= 0.3 is 0 Å². The molecule has 0 radical (unpaired) electrons. The Balaban J connectivity index is 2.75. The third-order valence-electron chi connectivity index (χ3n) is 2.19. The maximum atomic E-state index is 11.8. The van der Waals surface area contributed by atoms with E-state index in [4.69, 9.17) is 16.7 Å². The van der Waals surface area contributed by atoms with Crippen LogP contribution >= 0.6 is 11.6 Å². The van der Waals surface area contributed by atoms with Crippen LogP contribution in [0.3, 0.4) is 0 Å². The number of sulfonamides is 1. The molecule has 1 rings (SSSR count). The fourth-order valence-electron chi connectivity index (χ4n) is 1.43. The fourth-order valence-corrected chi connectivity index (χ4v) is 3.24. The minimum atomic E-state index is -3.90. The van der Waals surface area contributed by atoms with Gasteiger partial charge in [0, 0.05) is 5.88 Å². The minimum Gasteiger partial charge on any atom is -0.283 e. The number of anilines is 2. The summed E-state index contributed by atoms with van der Waals surface area (Å²) in [5.74, 6) is 0.357. The van der Waals surface area contributed by atoms with Crippen LogP contribution in [0.5, 0.6) is 0 Å². The molecule has 10 heteroatoms. The van der Waals surface area contributed by atoms with Crippen molar-refractivity contribution in [3.05, 3.63) is 24.3 Å². The normalized spacial score (nSPS) is 12.1. The molecule has 1 aromatic carbocycles. The smallest absolute Gasteiger partial charge is 0.283 e. The van der Waals surface area contributed by atoms with Gasteiger partial charge in [-0.3, -0.25) is 9.44 Å². The number of nitrogens with one attached hydrogen (secondary N) is 2. The Morgan fingerprint density at radius 2 is 1.65 bits per heavy atom. The molecule has 0 spiro atoms. The van der Waals surface area contributed by atoms with Crippen molar-refractivity contribution < 1.29 is 16.8 Å². The molecule has 0 amide bonds. The number of hydrogen-bond acceptors (Lipinski definition) is 4. The molecule has 0 aliphatic heterocycles. The van der Waals surface area contributed by atoms with Crippen molar-refractivity contribution in [2.45, 2.75) is 12.8 Å². The number of rotatable bonds is 8. The van der Waals surface area contributed by atoms with Crippen LogP contribution in [0, 0.1) is 0 Å². The first-order chi connectivity index (χ1) is 9.22. The van der Waals surface area contributed by atoms with Crippen LogP contribution < -0.4 is 14.6 Å². The standard InChI is InChI=1S/C10H16ClN3O4S2/c11-6-1-2-7-19(15,16)13-9-4-3-5-10(8-9)14-20(12,17)18/h3-5,8,13-14H,1-2,6-7H2,(H2,12,17,18). The first-order valence-electron chi connectivity index (χ1n) is 5.69. The van der Waals surface area contributed by atoms with Crippen LogP contribution in [0.2, 0.25) is 0 Å². The average Bonchev–Trinajstić information content (AvgIpc) is 2.26. The molecule has 0 aliphatic carbocycles. The molecular formula is C10H16ClN3O4S2. The van der Waals surface area contributed by atoms with Gasteiger partial charge < -0.3 is 0 Å². The van der Waals surface area contributed by atoms with E-state index in [0.29, 0.717) is 18.7 Å². The molecule has 0 aromatic heterocycles. The molecule has 0 unspecified atom stereocenters. The lowest BCUT2D eigenvalue weighted by atomic mass is 10.3. The summed E-state index contributed by atoms with van der Waals surface area (Å²) >= 11 is 5.48. The lowest BCUT2D eigenvalue weighted by molar-refractivity contribution is 0.597. The molecule has 114 valence electrons. The molecule has 4 N–H and O–H groups in total. The van der Waals surface area contributed by atoms with E-state index in [-0.39, 0.29) is 17.1 Å². The Labute approximate surface area is 123 Å². The number of alkyl halides is 1. The number of nitrogens with two attached hydrogens (primary N) is 1. The summed E-state index contributed by atoms with van der Waals surface area (Å²) in [6.07, 6.45) is 1.06. The predicted octanol–water partition coefficient (Wildman–Crippen LogP) is 1.06. The lowest BCUT2D eigenvalue weighted by Crippen LogP contribution is -2.22. The van der Waals surface area contributed by atoms with Gasteiger partial charge in [0.1, 0.15) is 0 Å². The molecule has 0 saturated heterocycles. The van der Waals surface area contributed by atoms with Gasteiger partial charge in [-0.05, 0) is 31.0 Å². The second kappa shape index (κ2) is 7.11. The summed E-state index contributed by atoms with van der Waals surface area (Å²) in [6.45, 7) is 0. The van der Waals surface area contributed by atoms with Crippen molar-refractivity contribution in [1.82, 2.24) is 0 Å². The second-order valence-electron chi connectivity index (χ2n) is 4.04. The van der Waals surface area contributed by atoms with Gasteiger partial charge in [-0.1, -0.05) is 6.07 Å². The zero-order chi connectivity index (χ0) is 15.2. The molecule has 7 nitrogen and oxygen atoms in total. The summed E-state index contributed by atoms with van der Waals surface area (Å²) < 4.78 is 49.7. The third-order valence-corrected chi connectivity index (χ3v) is 4.35. The van der Waals surface area contributed by atoms with E-state index < -0.39 is 20.2 Å². The highest BCUT2D eigenvalue weighted by molar-refractivity contribution is 7.92. The Morgan fingerprint density at radius 3 is 2.20 bits per heavy atom. The zero-order valence-corrected chi connectivity index (χ0v) is 12.9. The van der Waals surface area contributed by atoms with Crippen molar-refractivity contribution in [1.29, 1.82) is 0 Å². The molecule has 0 bridgehead atoms. The van der Waals surface area contributed by atoms with E-state index in [1.807, 2.05) is 0 Å². The molecule has 0 heterocycles. The molecule has 0 fully saturated rings. The van der Waals surface area contributed by atoms with E-state index in [9.17, 15) is 16.8 Å². The Hall–Kier alpha value is -1.03. The maximum Gasteiger partial charge on any atom is 0.296 e. The molecule has 0 atom stereocenters. The number of benzene rings is 1. The Morgan fingerprint density at radius 1 is 1.05 bits per heavy atom. The number of unbranched alkanes of at least 4 members (excludes halogenated alkanes) is 1. The van der Waals surface area contributed by atoms with Gasteiger partial charge in [0.25, 0.3) is 10.2 Å². The lowest BCUT2D eigenvalue weighted by Gasteiger charge is -2.09. The first-order valence-corrected chi connectivity index (χ1v) is 9.42. The first kappa shape index (κ1) is 17.0.